The molecule has 88 valence electrons. The molecule has 0 fully saturated rings. The molecule has 16 heavy (non-hydrogen) atoms. The second-order valence-corrected chi connectivity index (χ2v) is 3.69. The standard InChI is InChI=1S/C12H17NO3/c1-8(2)13-12(14)10-7-9(15-3)5-6-11(10)16-4/h5-8H,1-4H3,(H,13,14). The lowest BCUT2D eigenvalue weighted by Gasteiger charge is -2.12. The Morgan fingerprint density at radius 3 is 2.44 bits per heavy atom. The van der Waals surface area contributed by atoms with E-state index in [9.17, 15) is 4.79 Å². The molecule has 0 spiro atoms. The Labute approximate surface area is 95.6 Å². The molecule has 1 rings (SSSR count). The van der Waals surface area contributed by atoms with Crippen LogP contribution in [0.3, 0.4) is 0 Å². The minimum atomic E-state index is -0.161. The first kappa shape index (κ1) is 12.4. The van der Waals surface area contributed by atoms with E-state index in [-0.39, 0.29) is 11.9 Å². The van der Waals surface area contributed by atoms with Crippen molar-refractivity contribution in [2.75, 3.05) is 14.2 Å². The maximum absolute atomic E-state index is 11.9. The van der Waals surface area contributed by atoms with Crippen LogP contribution in [0.1, 0.15) is 24.2 Å². The summed E-state index contributed by atoms with van der Waals surface area (Å²) in [6.45, 7) is 3.81. The van der Waals surface area contributed by atoms with E-state index >= 15 is 0 Å². The lowest BCUT2D eigenvalue weighted by molar-refractivity contribution is 0.0939. The fraction of sp³-hybridized carbons (Fsp3) is 0.417. The topological polar surface area (TPSA) is 47.6 Å². The summed E-state index contributed by atoms with van der Waals surface area (Å²) in [5.41, 5.74) is 0.482. The van der Waals surface area contributed by atoms with Gasteiger partial charge >= 0.3 is 0 Å². The molecule has 1 amide bonds. The highest BCUT2D eigenvalue weighted by molar-refractivity contribution is 5.97. The van der Waals surface area contributed by atoms with Crippen LogP contribution in [-0.2, 0) is 0 Å². The van der Waals surface area contributed by atoms with Gasteiger partial charge in [-0.3, -0.25) is 4.79 Å². The molecule has 0 aliphatic rings. The summed E-state index contributed by atoms with van der Waals surface area (Å²) in [4.78, 5) is 11.9. The Hall–Kier alpha value is -1.71. The number of methoxy groups -OCH3 is 2. The van der Waals surface area contributed by atoms with Crippen molar-refractivity contribution >= 4 is 5.91 Å². The SMILES string of the molecule is COc1ccc(OC)c(C(=O)NC(C)C)c1. The maximum atomic E-state index is 11.9. The lowest BCUT2D eigenvalue weighted by atomic mass is 10.1. The second kappa shape index (κ2) is 5.39. The summed E-state index contributed by atoms with van der Waals surface area (Å²) >= 11 is 0. The van der Waals surface area contributed by atoms with Crippen LogP contribution in [0.4, 0.5) is 0 Å². The van der Waals surface area contributed by atoms with E-state index in [4.69, 9.17) is 9.47 Å². The molecule has 4 heteroatoms. The van der Waals surface area contributed by atoms with Gasteiger partial charge < -0.3 is 14.8 Å². The van der Waals surface area contributed by atoms with E-state index in [0.717, 1.165) is 0 Å². The fourth-order valence-electron chi connectivity index (χ4n) is 1.33. The van der Waals surface area contributed by atoms with Gasteiger partial charge in [0.05, 0.1) is 19.8 Å². The third-order valence-corrected chi connectivity index (χ3v) is 2.07. The average Bonchev–Trinajstić information content (AvgIpc) is 2.27. The van der Waals surface area contributed by atoms with E-state index in [2.05, 4.69) is 5.32 Å². The molecule has 0 aromatic heterocycles. The van der Waals surface area contributed by atoms with Crippen molar-refractivity contribution in [2.24, 2.45) is 0 Å². The summed E-state index contributed by atoms with van der Waals surface area (Å²) < 4.78 is 10.2. The van der Waals surface area contributed by atoms with Crippen LogP contribution in [0, 0.1) is 0 Å². The van der Waals surface area contributed by atoms with Gasteiger partial charge in [0.15, 0.2) is 0 Å². The van der Waals surface area contributed by atoms with Gasteiger partial charge in [0.2, 0.25) is 0 Å². The molecule has 1 aromatic carbocycles. The number of amides is 1. The number of rotatable bonds is 4. The number of hydrogen-bond acceptors (Lipinski definition) is 3. The van der Waals surface area contributed by atoms with Crippen molar-refractivity contribution in [1.29, 1.82) is 0 Å². The van der Waals surface area contributed by atoms with E-state index in [1.54, 1.807) is 25.3 Å². The zero-order valence-electron chi connectivity index (χ0n) is 10.0. The molecule has 0 atom stereocenters. The predicted molar refractivity (Wildman–Crippen MR) is 62.1 cm³/mol. The van der Waals surface area contributed by atoms with Crippen LogP contribution in [0.25, 0.3) is 0 Å². The van der Waals surface area contributed by atoms with Gasteiger partial charge in [-0.1, -0.05) is 0 Å². The quantitative estimate of drug-likeness (QED) is 0.847. The summed E-state index contributed by atoms with van der Waals surface area (Å²) in [5, 5.41) is 2.81. The number of benzene rings is 1. The normalized spacial score (nSPS) is 10.1. The van der Waals surface area contributed by atoms with E-state index in [1.165, 1.54) is 7.11 Å². The van der Waals surface area contributed by atoms with Crippen LogP contribution in [0.2, 0.25) is 0 Å². The molecule has 0 saturated heterocycles. The lowest BCUT2D eigenvalue weighted by Crippen LogP contribution is -2.30. The number of carbonyl (C=O) groups is 1. The molecule has 0 saturated carbocycles. The van der Waals surface area contributed by atoms with Crippen molar-refractivity contribution in [2.45, 2.75) is 19.9 Å². The molecule has 1 aromatic rings. The van der Waals surface area contributed by atoms with Crippen molar-refractivity contribution in [3.05, 3.63) is 23.8 Å². The molecule has 0 bridgehead atoms. The Morgan fingerprint density at radius 1 is 1.25 bits per heavy atom. The van der Waals surface area contributed by atoms with E-state index < -0.39 is 0 Å². The van der Waals surface area contributed by atoms with Gasteiger partial charge in [0.25, 0.3) is 5.91 Å². The highest BCUT2D eigenvalue weighted by Crippen LogP contribution is 2.23. The Morgan fingerprint density at radius 2 is 1.94 bits per heavy atom. The van der Waals surface area contributed by atoms with Crippen LogP contribution in [-0.4, -0.2) is 26.2 Å². The Balaban J connectivity index is 3.03. The predicted octanol–water partition coefficient (Wildman–Crippen LogP) is 1.84. The third kappa shape index (κ3) is 2.89. The molecular formula is C12H17NO3. The van der Waals surface area contributed by atoms with Crippen molar-refractivity contribution in [3.8, 4) is 11.5 Å². The molecular weight excluding hydrogens is 206 g/mol. The number of carbonyl (C=O) groups excluding carboxylic acids is 1. The maximum Gasteiger partial charge on any atom is 0.255 e. The molecule has 0 heterocycles. The van der Waals surface area contributed by atoms with Crippen LogP contribution >= 0.6 is 0 Å². The zero-order valence-corrected chi connectivity index (χ0v) is 10.0. The van der Waals surface area contributed by atoms with Gasteiger partial charge in [-0.25, -0.2) is 0 Å². The minimum absolute atomic E-state index is 0.0865. The molecule has 0 aliphatic heterocycles. The summed E-state index contributed by atoms with van der Waals surface area (Å²) in [5.74, 6) is 1.01. The van der Waals surface area contributed by atoms with Crippen molar-refractivity contribution in [1.82, 2.24) is 5.32 Å². The van der Waals surface area contributed by atoms with Crippen LogP contribution in [0.15, 0.2) is 18.2 Å². The highest BCUT2D eigenvalue weighted by atomic mass is 16.5. The molecule has 4 nitrogen and oxygen atoms in total. The summed E-state index contributed by atoms with van der Waals surface area (Å²) in [7, 11) is 3.10. The zero-order chi connectivity index (χ0) is 12.1. The van der Waals surface area contributed by atoms with Crippen LogP contribution in [0.5, 0.6) is 11.5 Å². The van der Waals surface area contributed by atoms with Crippen LogP contribution < -0.4 is 14.8 Å². The fourth-order valence-corrected chi connectivity index (χ4v) is 1.33. The first-order valence-corrected chi connectivity index (χ1v) is 5.11. The van der Waals surface area contributed by atoms with Gasteiger partial charge in [0, 0.05) is 6.04 Å². The smallest absolute Gasteiger partial charge is 0.255 e. The number of hydrogen-bond donors (Lipinski definition) is 1. The Kier molecular flexibility index (Phi) is 4.17. The highest BCUT2D eigenvalue weighted by Gasteiger charge is 2.13. The average molecular weight is 223 g/mol. The monoisotopic (exact) mass is 223 g/mol. The van der Waals surface area contributed by atoms with E-state index in [1.807, 2.05) is 13.8 Å². The molecule has 0 unspecified atom stereocenters. The van der Waals surface area contributed by atoms with Gasteiger partial charge in [-0.15, -0.1) is 0 Å². The first-order valence-electron chi connectivity index (χ1n) is 5.11. The van der Waals surface area contributed by atoms with Gasteiger partial charge in [0.1, 0.15) is 11.5 Å². The van der Waals surface area contributed by atoms with Crippen molar-refractivity contribution < 1.29 is 14.3 Å². The third-order valence-electron chi connectivity index (χ3n) is 2.07. The first-order chi connectivity index (χ1) is 7.58. The molecule has 1 N–H and O–H groups in total. The molecule has 0 aliphatic carbocycles. The summed E-state index contributed by atoms with van der Waals surface area (Å²) in [6, 6.07) is 5.22. The van der Waals surface area contributed by atoms with E-state index in [0.29, 0.717) is 17.1 Å². The van der Waals surface area contributed by atoms with Gasteiger partial charge in [-0.2, -0.15) is 0 Å². The summed E-state index contributed by atoms with van der Waals surface area (Å²) in [6.07, 6.45) is 0. The van der Waals surface area contributed by atoms with Gasteiger partial charge in [-0.05, 0) is 32.0 Å². The van der Waals surface area contributed by atoms with Crippen molar-refractivity contribution in [3.63, 3.8) is 0 Å². The largest absolute Gasteiger partial charge is 0.497 e. The minimum Gasteiger partial charge on any atom is -0.497 e. The number of ether oxygens (including phenoxy) is 2. The second-order valence-electron chi connectivity index (χ2n) is 3.69. The number of nitrogens with one attached hydrogen (secondary N) is 1. The molecule has 0 radical (unpaired) electrons. The Bertz CT molecular complexity index is 375.